The molecular formula is C16H19NO2. The molecule has 2 aromatic rings. The number of furan rings is 1. The van der Waals surface area contributed by atoms with Crippen LogP contribution in [0.1, 0.15) is 35.8 Å². The van der Waals surface area contributed by atoms with Gasteiger partial charge in [-0.3, -0.25) is 0 Å². The first-order valence-electron chi connectivity index (χ1n) is 6.89. The molecule has 0 saturated heterocycles. The van der Waals surface area contributed by atoms with E-state index in [2.05, 4.69) is 35.6 Å². The molecule has 19 heavy (non-hydrogen) atoms. The Morgan fingerprint density at radius 3 is 2.84 bits per heavy atom. The van der Waals surface area contributed by atoms with E-state index >= 15 is 0 Å². The van der Waals surface area contributed by atoms with Gasteiger partial charge in [0.25, 0.3) is 0 Å². The van der Waals surface area contributed by atoms with E-state index in [-0.39, 0.29) is 6.61 Å². The average Bonchev–Trinajstić information content (AvgIpc) is 2.91. The number of aryl methyl sites for hydroxylation is 1. The number of benzene rings is 1. The van der Waals surface area contributed by atoms with Crippen LogP contribution in [0.3, 0.4) is 0 Å². The Morgan fingerprint density at radius 1 is 1.21 bits per heavy atom. The lowest BCUT2D eigenvalue weighted by Crippen LogP contribution is -2.15. The summed E-state index contributed by atoms with van der Waals surface area (Å²) in [5.74, 6) is 1.13. The Kier molecular flexibility index (Phi) is 3.56. The lowest BCUT2D eigenvalue weighted by molar-refractivity contribution is 0.299. The summed E-state index contributed by atoms with van der Waals surface area (Å²) in [5, 5.41) is 12.5. The van der Waals surface area contributed by atoms with E-state index in [9.17, 15) is 0 Å². The maximum Gasteiger partial charge on any atom is 0.109 e. The fourth-order valence-corrected chi connectivity index (χ4v) is 2.73. The molecule has 0 amide bonds. The number of aliphatic hydroxyl groups is 1. The fourth-order valence-electron chi connectivity index (χ4n) is 2.73. The van der Waals surface area contributed by atoms with Gasteiger partial charge in [-0.2, -0.15) is 0 Å². The van der Waals surface area contributed by atoms with Crippen LogP contribution in [0.25, 0.3) is 0 Å². The molecule has 0 fully saturated rings. The number of fused-ring (bicyclic) bond motifs is 1. The number of nitrogens with one attached hydrogen (secondary N) is 1. The fraction of sp³-hybridized carbons (Fsp3) is 0.375. The highest BCUT2D eigenvalue weighted by Crippen LogP contribution is 2.33. The smallest absolute Gasteiger partial charge is 0.109 e. The molecule has 0 spiro atoms. The molecule has 1 aliphatic carbocycles. The quantitative estimate of drug-likeness (QED) is 0.883. The second-order valence-corrected chi connectivity index (χ2v) is 5.06. The number of hydrogen-bond acceptors (Lipinski definition) is 3. The molecule has 1 aromatic carbocycles. The van der Waals surface area contributed by atoms with Crippen molar-refractivity contribution < 1.29 is 9.52 Å². The number of anilines is 1. The van der Waals surface area contributed by atoms with Crippen molar-refractivity contribution in [3.05, 3.63) is 53.5 Å². The van der Waals surface area contributed by atoms with E-state index in [0.717, 1.165) is 30.7 Å². The van der Waals surface area contributed by atoms with E-state index in [1.54, 1.807) is 6.26 Å². The molecule has 1 aromatic heterocycles. The summed E-state index contributed by atoms with van der Waals surface area (Å²) in [6.07, 6.45) is 5.87. The number of hydrogen-bond donors (Lipinski definition) is 2. The van der Waals surface area contributed by atoms with Gasteiger partial charge in [-0.15, -0.1) is 0 Å². The van der Waals surface area contributed by atoms with Gasteiger partial charge in [-0.05, 0) is 43.0 Å². The minimum Gasteiger partial charge on any atom is -0.469 e. The molecule has 1 atom stereocenters. The number of aliphatic hydroxyl groups excluding tert-OH is 1. The van der Waals surface area contributed by atoms with Crippen molar-refractivity contribution >= 4 is 5.69 Å². The number of rotatable bonds is 4. The van der Waals surface area contributed by atoms with Crippen LogP contribution >= 0.6 is 0 Å². The molecule has 0 aliphatic heterocycles. The highest BCUT2D eigenvalue weighted by molar-refractivity contribution is 5.47. The minimum absolute atomic E-state index is 0.202. The van der Waals surface area contributed by atoms with Gasteiger partial charge in [0.1, 0.15) is 5.76 Å². The van der Waals surface area contributed by atoms with Gasteiger partial charge in [-0.1, -0.05) is 12.1 Å². The van der Waals surface area contributed by atoms with Gasteiger partial charge >= 0.3 is 0 Å². The molecule has 3 nitrogen and oxygen atoms in total. The zero-order valence-electron chi connectivity index (χ0n) is 10.9. The molecule has 100 valence electrons. The van der Waals surface area contributed by atoms with E-state index in [0.29, 0.717) is 6.04 Å². The first-order chi connectivity index (χ1) is 9.36. The standard InChI is InChI=1S/C16H19NO2/c18-10-8-12-4-6-13(7-5-12)17-15-2-1-3-16-14(15)9-11-19-16/h4-7,9,11,15,17-18H,1-3,8,10H2. The molecular weight excluding hydrogens is 238 g/mol. The van der Waals surface area contributed by atoms with Crippen LogP contribution in [-0.2, 0) is 12.8 Å². The van der Waals surface area contributed by atoms with Crippen molar-refractivity contribution in [1.82, 2.24) is 0 Å². The second-order valence-electron chi connectivity index (χ2n) is 5.06. The lowest BCUT2D eigenvalue weighted by atomic mass is 9.93. The average molecular weight is 257 g/mol. The van der Waals surface area contributed by atoms with Crippen LogP contribution in [0.15, 0.2) is 41.0 Å². The van der Waals surface area contributed by atoms with Gasteiger partial charge < -0.3 is 14.8 Å². The van der Waals surface area contributed by atoms with Gasteiger partial charge in [0.15, 0.2) is 0 Å². The minimum atomic E-state index is 0.202. The summed E-state index contributed by atoms with van der Waals surface area (Å²) < 4.78 is 5.51. The van der Waals surface area contributed by atoms with E-state index in [1.165, 1.54) is 17.5 Å². The normalized spacial score (nSPS) is 18.1. The van der Waals surface area contributed by atoms with Gasteiger partial charge in [-0.25, -0.2) is 0 Å². The largest absolute Gasteiger partial charge is 0.469 e. The molecule has 1 unspecified atom stereocenters. The van der Waals surface area contributed by atoms with Crippen LogP contribution in [0.5, 0.6) is 0 Å². The Bertz CT molecular complexity index is 530. The summed E-state index contributed by atoms with van der Waals surface area (Å²) in [6, 6.07) is 10.7. The zero-order valence-corrected chi connectivity index (χ0v) is 10.9. The molecule has 2 N–H and O–H groups in total. The first-order valence-corrected chi connectivity index (χ1v) is 6.89. The summed E-state index contributed by atoms with van der Waals surface area (Å²) in [7, 11) is 0. The second kappa shape index (κ2) is 5.49. The van der Waals surface area contributed by atoms with Crippen LogP contribution in [0.4, 0.5) is 5.69 Å². The summed E-state index contributed by atoms with van der Waals surface area (Å²) in [5.41, 5.74) is 3.59. The highest BCUT2D eigenvalue weighted by atomic mass is 16.3. The molecule has 0 radical (unpaired) electrons. The predicted octanol–water partition coefficient (Wildman–Crippen LogP) is 3.30. The Morgan fingerprint density at radius 2 is 2.05 bits per heavy atom. The van der Waals surface area contributed by atoms with Crippen molar-refractivity contribution in [2.45, 2.75) is 31.7 Å². The molecule has 1 aliphatic rings. The third-order valence-electron chi connectivity index (χ3n) is 3.75. The maximum atomic E-state index is 8.91. The third-order valence-corrected chi connectivity index (χ3v) is 3.75. The zero-order chi connectivity index (χ0) is 13.1. The summed E-state index contributed by atoms with van der Waals surface area (Å²) in [4.78, 5) is 0. The highest BCUT2D eigenvalue weighted by Gasteiger charge is 2.22. The van der Waals surface area contributed by atoms with E-state index < -0.39 is 0 Å². The van der Waals surface area contributed by atoms with Crippen molar-refractivity contribution in [2.75, 3.05) is 11.9 Å². The molecule has 1 heterocycles. The van der Waals surface area contributed by atoms with Gasteiger partial charge in [0.05, 0.1) is 12.3 Å². The Hall–Kier alpha value is -1.74. The van der Waals surface area contributed by atoms with Crippen molar-refractivity contribution in [3.63, 3.8) is 0 Å². The van der Waals surface area contributed by atoms with Gasteiger partial charge in [0.2, 0.25) is 0 Å². The van der Waals surface area contributed by atoms with Crippen LogP contribution < -0.4 is 5.32 Å². The molecule has 0 saturated carbocycles. The summed E-state index contributed by atoms with van der Waals surface area (Å²) in [6.45, 7) is 0.202. The van der Waals surface area contributed by atoms with E-state index in [4.69, 9.17) is 9.52 Å². The molecule has 3 heteroatoms. The predicted molar refractivity (Wildman–Crippen MR) is 75.2 cm³/mol. The first kappa shape index (κ1) is 12.3. The van der Waals surface area contributed by atoms with Crippen molar-refractivity contribution in [3.8, 4) is 0 Å². The SMILES string of the molecule is OCCc1ccc(NC2CCCc3occc32)cc1. The molecule has 0 bridgehead atoms. The Balaban J connectivity index is 1.72. The van der Waals surface area contributed by atoms with Crippen LogP contribution in [0, 0.1) is 0 Å². The van der Waals surface area contributed by atoms with E-state index in [1.807, 2.05) is 0 Å². The topological polar surface area (TPSA) is 45.4 Å². The summed E-state index contributed by atoms with van der Waals surface area (Å²) >= 11 is 0. The van der Waals surface area contributed by atoms with Crippen LogP contribution in [-0.4, -0.2) is 11.7 Å². The monoisotopic (exact) mass is 257 g/mol. The van der Waals surface area contributed by atoms with Crippen LogP contribution in [0.2, 0.25) is 0 Å². The lowest BCUT2D eigenvalue weighted by Gasteiger charge is -2.23. The van der Waals surface area contributed by atoms with Gasteiger partial charge in [0, 0.05) is 24.3 Å². The maximum absolute atomic E-state index is 8.91. The Labute approximate surface area is 113 Å². The third kappa shape index (κ3) is 2.66. The van der Waals surface area contributed by atoms with Crippen molar-refractivity contribution in [2.24, 2.45) is 0 Å². The van der Waals surface area contributed by atoms with Crippen molar-refractivity contribution in [1.29, 1.82) is 0 Å². The molecule has 3 rings (SSSR count).